The van der Waals surface area contributed by atoms with E-state index in [1.807, 2.05) is 35.4 Å². The number of piperidine rings is 1. The minimum absolute atomic E-state index is 0.193. The molecule has 2 heterocycles. The Morgan fingerprint density at radius 1 is 1.17 bits per heavy atom. The van der Waals surface area contributed by atoms with Crippen molar-refractivity contribution < 1.29 is 9.50 Å². The molecule has 0 unspecified atom stereocenters. The Hall–Kier alpha value is -1.98. The molecule has 122 valence electrons. The van der Waals surface area contributed by atoms with Gasteiger partial charge in [-0.2, -0.15) is 0 Å². The minimum Gasteiger partial charge on any atom is -0.393 e. The number of benzene rings is 1. The normalized spacial score (nSPS) is 15.8. The smallest absolute Gasteiger partial charge is 0.146 e. The van der Waals surface area contributed by atoms with E-state index in [1.165, 1.54) is 0 Å². The number of aliphatic hydroxyl groups is 1. The molecule has 2 N–H and O–H groups in total. The fraction of sp³-hybridized carbons (Fsp3) is 0.389. The van der Waals surface area contributed by atoms with E-state index in [0.717, 1.165) is 11.1 Å². The van der Waals surface area contributed by atoms with E-state index >= 15 is 0 Å². The number of anilines is 1. The molecule has 0 bridgehead atoms. The third-order valence-electron chi connectivity index (χ3n) is 4.20. The SMILES string of the molecule is OC1CCN(c2ccc(CNCc3cccnc3)cc2F)CC1. The van der Waals surface area contributed by atoms with Gasteiger partial charge in [-0.1, -0.05) is 12.1 Å². The van der Waals surface area contributed by atoms with Crippen LogP contribution >= 0.6 is 0 Å². The summed E-state index contributed by atoms with van der Waals surface area (Å²) < 4.78 is 14.3. The molecule has 0 spiro atoms. The summed E-state index contributed by atoms with van der Waals surface area (Å²) in [7, 11) is 0. The summed E-state index contributed by atoms with van der Waals surface area (Å²) in [4.78, 5) is 6.08. The van der Waals surface area contributed by atoms with Crippen molar-refractivity contribution in [2.24, 2.45) is 0 Å². The maximum absolute atomic E-state index is 14.3. The number of hydrogen-bond acceptors (Lipinski definition) is 4. The van der Waals surface area contributed by atoms with Gasteiger partial charge >= 0.3 is 0 Å². The Labute approximate surface area is 136 Å². The van der Waals surface area contributed by atoms with E-state index in [2.05, 4.69) is 10.3 Å². The molecule has 0 aliphatic carbocycles. The number of pyridine rings is 1. The Balaban J connectivity index is 1.56. The van der Waals surface area contributed by atoms with Gasteiger partial charge in [0.2, 0.25) is 0 Å². The van der Waals surface area contributed by atoms with Gasteiger partial charge in [-0.25, -0.2) is 4.39 Å². The Morgan fingerprint density at radius 2 is 1.96 bits per heavy atom. The third kappa shape index (κ3) is 4.27. The molecule has 1 saturated heterocycles. The van der Waals surface area contributed by atoms with Gasteiger partial charge in [-0.05, 0) is 42.2 Å². The standard InChI is InChI=1S/C18H22FN3O/c19-17-10-14(11-21-13-15-2-1-7-20-12-15)3-4-18(17)22-8-5-16(23)6-9-22/h1-4,7,10,12,16,21,23H,5-6,8-9,11,13H2. The molecular formula is C18H22FN3O. The largest absolute Gasteiger partial charge is 0.393 e. The van der Waals surface area contributed by atoms with Gasteiger partial charge in [0.1, 0.15) is 5.82 Å². The van der Waals surface area contributed by atoms with Gasteiger partial charge in [0, 0.05) is 38.6 Å². The maximum atomic E-state index is 14.3. The van der Waals surface area contributed by atoms with Crippen molar-refractivity contribution in [2.45, 2.75) is 32.0 Å². The first-order valence-corrected chi connectivity index (χ1v) is 8.03. The van der Waals surface area contributed by atoms with Crippen molar-refractivity contribution in [3.63, 3.8) is 0 Å². The molecule has 0 amide bonds. The fourth-order valence-electron chi connectivity index (χ4n) is 2.88. The first-order chi connectivity index (χ1) is 11.2. The van der Waals surface area contributed by atoms with Crippen LogP contribution in [0.25, 0.3) is 0 Å². The highest BCUT2D eigenvalue weighted by atomic mass is 19.1. The van der Waals surface area contributed by atoms with Crippen LogP contribution < -0.4 is 10.2 Å². The predicted molar refractivity (Wildman–Crippen MR) is 88.6 cm³/mol. The molecule has 5 heteroatoms. The molecule has 1 aliphatic rings. The zero-order valence-corrected chi connectivity index (χ0v) is 13.1. The minimum atomic E-state index is -0.245. The molecular weight excluding hydrogens is 293 g/mol. The maximum Gasteiger partial charge on any atom is 0.146 e. The highest BCUT2D eigenvalue weighted by Crippen LogP contribution is 2.24. The Kier molecular flexibility index (Phi) is 5.20. The van der Waals surface area contributed by atoms with Gasteiger partial charge in [0.25, 0.3) is 0 Å². The average Bonchev–Trinajstić information content (AvgIpc) is 2.57. The van der Waals surface area contributed by atoms with Crippen molar-refractivity contribution in [3.05, 3.63) is 59.7 Å². The number of nitrogens with zero attached hydrogens (tertiary/aromatic N) is 2. The van der Waals surface area contributed by atoms with Crippen LogP contribution in [0.2, 0.25) is 0 Å². The second-order valence-electron chi connectivity index (χ2n) is 5.97. The molecule has 1 aromatic carbocycles. The van der Waals surface area contributed by atoms with Crippen LogP contribution in [0.3, 0.4) is 0 Å². The lowest BCUT2D eigenvalue weighted by Crippen LogP contribution is -2.36. The first-order valence-electron chi connectivity index (χ1n) is 8.03. The second kappa shape index (κ2) is 7.53. The van der Waals surface area contributed by atoms with E-state index in [9.17, 15) is 9.50 Å². The van der Waals surface area contributed by atoms with Crippen molar-refractivity contribution in [1.82, 2.24) is 10.3 Å². The first kappa shape index (κ1) is 15.9. The molecule has 2 aromatic rings. The van der Waals surface area contributed by atoms with E-state index in [-0.39, 0.29) is 11.9 Å². The van der Waals surface area contributed by atoms with Crippen molar-refractivity contribution in [3.8, 4) is 0 Å². The van der Waals surface area contributed by atoms with Gasteiger partial charge in [-0.3, -0.25) is 4.98 Å². The molecule has 23 heavy (non-hydrogen) atoms. The van der Waals surface area contributed by atoms with E-state index in [0.29, 0.717) is 44.7 Å². The van der Waals surface area contributed by atoms with Crippen LogP contribution in [-0.4, -0.2) is 29.3 Å². The number of hydrogen-bond donors (Lipinski definition) is 2. The van der Waals surface area contributed by atoms with Crippen molar-refractivity contribution >= 4 is 5.69 Å². The van der Waals surface area contributed by atoms with Gasteiger partial charge in [0.15, 0.2) is 0 Å². The quantitative estimate of drug-likeness (QED) is 0.890. The predicted octanol–water partition coefficient (Wildman–Crippen LogP) is 2.47. The Bertz CT molecular complexity index is 627. The summed E-state index contributed by atoms with van der Waals surface area (Å²) in [6, 6.07) is 9.31. The third-order valence-corrected chi connectivity index (χ3v) is 4.20. The van der Waals surface area contributed by atoms with Crippen LogP contribution in [-0.2, 0) is 13.1 Å². The molecule has 1 fully saturated rings. The molecule has 0 atom stereocenters. The molecule has 1 aliphatic heterocycles. The monoisotopic (exact) mass is 315 g/mol. The summed E-state index contributed by atoms with van der Waals surface area (Å²) in [5.74, 6) is -0.193. The average molecular weight is 315 g/mol. The fourth-order valence-corrected chi connectivity index (χ4v) is 2.88. The van der Waals surface area contributed by atoms with Crippen LogP contribution in [0.15, 0.2) is 42.7 Å². The van der Waals surface area contributed by atoms with Crippen LogP contribution in [0.1, 0.15) is 24.0 Å². The number of rotatable bonds is 5. The number of aromatic nitrogens is 1. The topological polar surface area (TPSA) is 48.4 Å². The van der Waals surface area contributed by atoms with Gasteiger partial charge < -0.3 is 15.3 Å². The molecule has 0 saturated carbocycles. The second-order valence-corrected chi connectivity index (χ2v) is 5.97. The van der Waals surface area contributed by atoms with Crippen LogP contribution in [0.5, 0.6) is 0 Å². The summed E-state index contributed by atoms with van der Waals surface area (Å²) in [6.07, 6.45) is 4.73. The lowest BCUT2D eigenvalue weighted by atomic mass is 10.1. The van der Waals surface area contributed by atoms with E-state index in [1.54, 1.807) is 12.3 Å². The van der Waals surface area contributed by atoms with Crippen LogP contribution in [0.4, 0.5) is 10.1 Å². The van der Waals surface area contributed by atoms with E-state index < -0.39 is 0 Å². The highest BCUT2D eigenvalue weighted by Gasteiger charge is 2.19. The van der Waals surface area contributed by atoms with Gasteiger partial charge in [-0.15, -0.1) is 0 Å². The Morgan fingerprint density at radius 3 is 2.65 bits per heavy atom. The summed E-state index contributed by atoms with van der Waals surface area (Å²) >= 11 is 0. The summed E-state index contributed by atoms with van der Waals surface area (Å²) in [5.41, 5.74) is 2.66. The summed E-state index contributed by atoms with van der Waals surface area (Å²) in [6.45, 7) is 2.74. The zero-order valence-electron chi connectivity index (χ0n) is 13.1. The zero-order chi connectivity index (χ0) is 16.1. The number of nitrogens with one attached hydrogen (secondary N) is 1. The van der Waals surface area contributed by atoms with E-state index in [4.69, 9.17) is 0 Å². The highest BCUT2D eigenvalue weighted by molar-refractivity contribution is 5.49. The lowest BCUT2D eigenvalue weighted by molar-refractivity contribution is 0.145. The van der Waals surface area contributed by atoms with Gasteiger partial charge in [0.05, 0.1) is 11.8 Å². The molecule has 0 radical (unpaired) electrons. The summed E-state index contributed by atoms with van der Waals surface area (Å²) in [5, 5.41) is 12.8. The van der Waals surface area contributed by atoms with Crippen LogP contribution in [0, 0.1) is 5.82 Å². The van der Waals surface area contributed by atoms with Crippen molar-refractivity contribution in [1.29, 1.82) is 0 Å². The molecule has 3 rings (SSSR count). The number of halogens is 1. The molecule has 1 aromatic heterocycles. The molecule has 4 nitrogen and oxygen atoms in total. The number of aliphatic hydroxyl groups excluding tert-OH is 1. The lowest BCUT2D eigenvalue weighted by Gasteiger charge is -2.31. The van der Waals surface area contributed by atoms with Crippen molar-refractivity contribution in [2.75, 3.05) is 18.0 Å².